The lowest BCUT2D eigenvalue weighted by Crippen LogP contribution is -2.47. The lowest BCUT2D eigenvalue weighted by molar-refractivity contribution is -0.141. The van der Waals surface area contributed by atoms with Gasteiger partial charge in [-0.2, -0.15) is 15.4 Å². The maximum absolute atomic E-state index is 13.7. The van der Waals surface area contributed by atoms with E-state index in [1.54, 1.807) is 6.20 Å². The third-order valence-corrected chi connectivity index (χ3v) is 7.83. The van der Waals surface area contributed by atoms with Crippen LogP contribution in [0.4, 0.5) is 4.79 Å². The normalized spacial score (nSPS) is 21.5. The number of aryl methyl sites for hydroxylation is 1. The molecule has 1 aliphatic heterocycles. The fourth-order valence-corrected chi connectivity index (χ4v) is 5.59. The highest BCUT2D eigenvalue weighted by Gasteiger charge is 2.56. The van der Waals surface area contributed by atoms with Gasteiger partial charge >= 0.3 is 6.03 Å². The van der Waals surface area contributed by atoms with E-state index in [9.17, 15) is 14.4 Å². The number of benzene rings is 2. The molecule has 2 aromatic carbocycles. The molecule has 2 N–H and O–H groups in total. The molecule has 2 heterocycles. The van der Waals surface area contributed by atoms with Crippen LogP contribution in [0.2, 0.25) is 0 Å². The van der Waals surface area contributed by atoms with E-state index in [0.29, 0.717) is 25.3 Å². The summed E-state index contributed by atoms with van der Waals surface area (Å²) >= 11 is 0. The first kappa shape index (κ1) is 22.5. The molecule has 1 saturated carbocycles. The van der Waals surface area contributed by atoms with Gasteiger partial charge in [0, 0.05) is 18.2 Å². The molecule has 6 rings (SSSR count). The number of aromatic nitrogens is 3. The van der Waals surface area contributed by atoms with Gasteiger partial charge in [-0.05, 0) is 61.3 Å². The topological polar surface area (TPSA) is 111 Å². The standard InChI is InChI=1S/C27H28N6O3/c1-17(19-7-8-19)32(15-18-5-3-2-4-6-18)24(34)16-33-25(35)27(29-26(33)36)12-11-20-13-21(9-10-22(20)27)23-14-28-31-30-23/h2-6,9-10,13-14,17,19H,7-8,11-12,15-16H2,1H3,(H,29,36)(H,28,30,31)/t17-,27?/m0/s1. The van der Waals surface area contributed by atoms with E-state index in [2.05, 4.69) is 27.7 Å². The number of nitrogens with zero attached hydrogens (tertiary/aromatic N) is 4. The highest BCUT2D eigenvalue weighted by Crippen LogP contribution is 2.43. The van der Waals surface area contributed by atoms with Crippen molar-refractivity contribution in [2.45, 2.75) is 50.7 Å². The monoisotopic (exact) mass is 484 g/mol. The molecule has 2 atom stereocenters. The summed E-state index contributed by atoms with van der Waals surface area (Å²) in [6, 6.07) is 15.1. The minimum atomic E-state index is -1.12. The number of nitrogens with one attached hydrogen (secondary N) is 2. The summed E-state index contributed by atoms with van der Waals surface area (Å²) in [5, 5.41) is 13.5. The summed E-state index contributed by atoms with van der Waals surface area (Å²) in [6.07, 6.45) is 4.95. The number of carbonyl (C=O) groups is 3. The number of rotatable bonds is 7. The fraction of sp³-hybridized carbons (Fsp3) is 0.370. The molecule has 9 nitrogen and oxygen atoms in total. The molecule has 9 heteroatoms. The Kier molecular flexibility index (Phi) is 5.35. The molecule has 1 unspecified atom stereocenters. The van der Waals surface area contributed by atoms with Crippen LogP contribution in [0.3, 0.4) is 0 Å². The first-order valence-corrected chi connectivity index (χ1v) is 12.4. The van der Waals surface area contributed by atoms with Crippen molar-refractivity contribution >= 4 is 17.8 Å². The number of imide groups is 1. The molecule has 0 bridgehead atoms. The Morgan fingerprint density at radius 2 is 2.00 bits per heavy atom. The number of fused-ring (bicyclic) bond motifs is 2. The summed E-state index contributed by atoms with van der Waals surface area (Å²) in [5.74, 6) is -0.0985. The minimum Gasteiger partial charge on any atom is -0.334 e. The van der Waals surface area contributed by atoms with Crippen LogP contribution in [0.15, 0.2) is 54.7 Å². The molecule has 3 aliphatic rings. The number of hydrogen-bond donors (Lipinski definition) is 2. The number of H-pyrrole nitrogens is 1. The van der Waals surface area contributed by atoms with Crippen molar-refractivity contribution in [3.63, 3.8) is 0 Å². The Morgan fingerprint density at radius 3 is 2.72 bits per heavy atom. The molecule has 2 fully saturated rings. The predicted octanol–water partition coefficient (Wildman–Crippen LogP) is 2.99. The van der Waals surface area contributed by atoms with E-state index in [4.69, 9.17) is 0 Å². The van der Waals surface area contributed by atoms with Gasteiger partial charge in [-0.3, -0.25) is 14.5 Å². The van der Waals surface area contributed by atoms with E-state index in [-0.39, 0.29) is 24.4 Å². The first-order chi connectivity index (χ1) is 17.5. The van der Waals surface area contributed by atoms with Crippen molar-refractivity contribution < 1.29 is 14.4 Å². The SMILES string of the molecule is C[C@@H](C1CC1)N(Cc1ccccc1)C(=O)CN1C(=O)NC2(CCc3cc(-c4cn[nH]n4)ccc32)C1=O. The van der Waals surface area contributed by atoms with Gasteiger partial charge in [0.2, 0.25) is 5.91 Å². The smallest absolute Gasteiger partial charge is 0.325 e. The minimum absolute atomic E-state index is 0.0505. The van der Waals surface area contributed by atoms with Gasteiger partial charge in [0.15, 0.2) is 0 Å². The Bertz CT molecular complexity index is 1320. The van der Waals surface area contributed by atoms with Gasteiger partial charge in [0.1, 0.15) is 17.8 Å². The molecule has 1 aromatic heterocycles. The van der Waals surface area contributed by atoms with Crippen molar-refractivity contribution in [1.82, 2.24) is 30.5 Å². The quantitative estimate of drug-likeness (QED) is 0.501. The highest BCUT2D eigenvalue weighted by molar-refractivity contribution is 6.10. The maximum atomic E-state index is 13.7. The molecule has 184 valence electrons. The van der Waals surface area contributed by atoms with Crippen LogP contribution in [0.1, 0.15) is 42.9 Å². The second-order valence-electron chi connectivity index (χ2n) is 10.0. The molecular formula is C27H28N6O3. The highest BCUT2D eigenvalue weighted by atomic mass is 16.2. The molecule has 4 amide bonds. The summed E-state index contributed by atoms with van der Waals surface area (Å²) in [6.45, 7) is 2.26. The van der Waals surface area contributed by atoms with Crippen LogP contribution in [0.25, 0.3) is 11.3 Å². The van der Waals surface area contributed by atoms with Gasteiger partial charge in [-0.15, -0.1) is 0 Å². The molecular weight excluding hydrogens is 456 g/mol. The molecule has 0 radical (unpaired) electrons. The van der Waals surface area contributed by atoms with Gasteiger partial charge < -0.3 is 10.2 Å². The van der Waals surface area contributed by atoms with Crippen LogP contribution >= 0.6 is 0 Å². The Balaban J connectivity index is 1.23. The number of amides is 4. The third-order valence-electron chi connectivity index (χ3n) is 7.83. The lowest BCUT2D eigenvalue weighted by Gasteiger charge is -2.31. The van der Waals surface area contributed by atoms with Crippen molar-refractivity contribution in [2.24, 2.45) is 5.92 Å². The van der Waals surface area contributed by atoms with Crippen LogP contribution < -0.4 is 5.32 Å². The average molecular weight is 485 g/mol. The van der Waals surface area contributed by atoms with Crippen molar-refractivity contribution in [1.29, 1.82) is 0 Å². The summed E-state index contributed by atoms with van der Waals surface area (Å²) in [7, 11) is 0. The summed E-state index contributed by atoms with van der Waals surface area (Å²) in [4.78, 5) is 43.2. The number of aromatic amines is 1. The van der Waals surface area contributed by atoms with E-state index in [1.165, 1.54) is 0 Å². The van der Waals surface area contributed by atoms with Crippen LogP contribution in [-0.2, 0) is 28.1 Å². The Morgan fingerprint density at radius 1 is 1.19 bits per heavy atom. The van der Waals surface area contributed by atoms with Crippen molar-refractivity contribution in [3.8, 4) is 11.3 Å². The zero-order valence-corrected chi connectivity index (χ0v) is 20.1. The van der Waals surface area contributed by atoms with E-state index < -0.39 is 11.6 Å². The summed E-state index contributed by atoms with van der Waals surface area (Å²) < 4.78 is 0. The predicted molar refractivity (Wildman–Crippen MR) is 131 cm³/mol. The van der Waals surface area contributed by atoms with Gasteiger partial charge in [0.25, 0.3) is 5.91 Å². The van der Waals surface area contributed by atoms with Crippen molar-refractivity contribution in [2.75, 3.05) is 6.54 Å². The third kappa shape index (κ3) is 3.75. The molecule has 36 heavy (non-hydrogen) atoms. The first-order valence-electron chi connectivity index (χ1n) is 12.4. The zero-order chi connectivity index (χ0) is 24.9. The number of urea groups is 1. The number of hydrogen-bond acceptors (Lipinski definition) is 5. The van der Waals surface area contributed by atoms with Gasteiger partial charge in [0.05, 0.1) is 6.20 Å². The molecule has 3 aromatic rings. The zero-order valence-electron chi connectivity index (χ0n) is 20.1. The van der Waals surface area contributed by atoms with Crippen molar-refractivity contribution in [3.05, 3.63) is 71.4 Å². The van der Waals surface area contributed by atoms with Crippen LogP contribution in [-0.4, -0.2) is 55.6 Å². The van der Waals surface area contributed by atoms with E-state index >= 15 is 0 Å². The van der Waals surface area contributed by atoms with Crippen LogP contribution in [0.5, 0.6) is 0 Å². The summed E-state index contributed by atoms with van der Waals surface area (Å²) in [5.41, 5.74) is 3.30. The van der Waals surface area contributed by atoms with Gasteiger partial charge in [-0.25, -0.2) is 4.79 Å². The van der Waals surface area contributed by atoms with E-state index in [0.717, 1.165) is 45.7 Å². The second-order valence-corrected chi connectivity index (χ2v) is 10.0. The molecule has 2 aliphatic carbocycles. The van der Waals surface area contributed by atoms with E-state index in [1.807, 2.05) is 53.4 Å². The maximum Gasteiger partial charge on any atom is 0.325 e. The Labute approximate surface area is 208 Å². The van der Waals surface area contributed by atoms with Gasteiger partial charge in [-0.1, -0.05) is 42.5 Å². The molecule has 1 saturated heterocycles. The fourth-order valence-electron chi connectivity index (χ4n) is 5.59. The number of carbonyl (C=O) groups excluding carboxylic acids is 3. The average Bonchev–Trinajstić information content (AvgIpc) is 3.39. The van der Waals surface area contributed by atoms with Crippen LogP contribution in [0, 0.1) is 5.92 Å². The lowest BCUT2D eigenvalue weighted by atomic mass is 9.91. The Hall–Kier alpha value is -4.01. The molecule has 1 spiro atoms. The second kappa shape index (κ2) is 8.58. The largest absolute Gasteiger partial charge is 0.334 e.